The smallest absolute Gasteiger partial charge is 0.120 e. The van der Waals surface area contributed by atoms with Crippen LogP contribution in [0.4, 0.5) is 0 Å². The lowest BCUT2D eigenvalue weighted by Gasteiger charge is -2.00. The van der Waals surface area contributed by atoms with Crippen LogP contribution in [0.25, 0.3) is 0 Å². The average molecular weight is 123 g/mol. The fourth-order valence-corrected chi connectivity index (χ4v) is 0.547. The summed E-state index contributed by atoms with van der Waals surface area (Å²) in [6.07, 6.45) is 7.04. The molecule has 48 valence electrons. The Morgan fingerprint density at radius 3 is 3.00 bits per heavy atom. The Bertz CT molecular complexity index is 179. The van der Waals surface area contributed by atoms with E-state index in [-0.39, 0.29) is 6.04 Å². The molecule has 0 amide bonds. The van der Waals surface area contributed by atoms with Gasteiger partial charge in [-0.3, -0.25) is 0 Å². The summed E-state index contributed by atoms with van der Waals surface area (Å²) in [5.41, 5.74) is 10.9. The van der Waals surface area contributed by atoms with Crippen LogP contribution in [0.1, 0.15) is 0 Å². The third-order valence-corrected chi connectivity index (χ3v) is 1.08. The van der Waals surface area contributed by atoms with Gasteiger partial charge >= 0.3 is 0 Å². The van der Waals surface area contributed by atoms with E-state index in [1.165, 1.54) is 0 Å². The summed E-state index contributed by atoms with van der Waals surface area (Å²) < 4.78 is 0. The summed E-state index contributed by atoms with van der Waals surface area (Å²) in [6, 6.07) is -0.222. The van der Waals surface area contributed by atoms with Crippen LogP contribution in [0.15, 0.2) is 29.4 Å². The molecular formula is C6H9N3. The molecule has 0 aromatic rings. The van der Waals surface area contributed by atoms with E-state index in [4.69, 9.17) is 11.5 Å². The van der Waals surface area contributed by atoms with E-state index in [0.29, 0.717) is 5.84 Å². The minimum absolute atomic E-state index is 0.222. The van der Waals surface area contributed by atoms with Gasteiger partial charge in [0.05, 0.1) is 6.04 Å². The maximum atomic E-state index is 5.50. The molecule has 0 aromatic carbocycles. The van der Waals surface area contributed by atoms with Crippen molar-refractivity contribution >= 4 is 5.84 Å². The second kappa shape index (κ2) is 2.46. The first-order chi connectivity index (χ1) is 4.30. The van der Waals surface area contributed by atoms with Gasteiger partial charge in [-0.1, -0.05) is 12.2 Å². The first-order valence-corrected chi connectivity index (χ1v) is 2.73. The second-order valence-corrected chi connectivity index (χ2v) is 1.81. The molecule has 0 saturated heterocycles. The topological polar surface area (TPSA) is 64.4 Å². The SMILES string of the molecule is NC1=NC=CC=CC1N. The maximum Gasteiger partial charge on any atom is 0.120 e. The van der Waals surface area contributed by atoms with Crippen LogP contribution in [-0.4, -0.2) is 11.9 Å². The van der Waals surface area contributed by atoms with Crippen molar-refractivity contribution in [2.24, 2.45) is 16.5 Å². The number of hydrogen-bond acceptors (Lipinski definition) is 3. The summed E-state index contributed by atoms with van der Waals surface area (Å²) in [7, 11) is 0. The Morgan fingerprint density at radius 2 is 2.22 bits per heavy atom. The minimum atomic E-state index is -0.222. The molecule has 1 aliphatic heterocycles. The molecule has 0 aromatic heterocycles. The van der Waals surface area contributed by atoms with Gasteiger partial charge < -0.3 is 11.5 Å². The van der Waals surface area contributed by atoms with Gasteiger partial charge in [-0.2, -0.15) is 0 Å². The maximum absolute atomic E-state index is 5.50. The number of nitrogens with zero attached hydrogens (tertiary/aromatic N) is 1. The molecule has 0 saturated carbocycles. The van der Waals surface area contributed by atoms with Crippen molar-refractivity contribution in [3.63, 3.8) is 0 Å². The Labute approximate surface area is 53.8 Å². The van der Waals surface area contributed by atoms with Gasteiger partial charge in [0.25, 0.3) is 0 Å². The molecule has 1 rings (SSSR count). The predicted molar refractivity (Wildman–Crippen MR) is 37.9 cm³/mol. The van der Waals surface area contributed by atoms with Gasteiger partial charge in [0, 0.05) is 6.20 Å². The fourth-order valence-electron chi connectivity index (χ4n) is 0.547. The van der Waals surface area contributed by atoms with Gasteiger partial charge in [0.2, 0.25) is 0 Å². The van der Waals surface area contributed by atoms with Crippen molar-refractivity contribution in [2.75, 3.05) is 0 Å². The largest absolute Gasteiger partial charge is 0.386 e. The van der Waals surface area contributed by atoms with Crippen LogP contribution >= 0.6 is 0 Å². The van der Waals surface area contributed by atoms with E-state index in [0.717, 1.165) is 0 Å². The predicted octanol–water partition coefficient (Wildman–Crippen LogP) is -0.246. The van der Waals surface area contributed by atoms with E-state index in [1.54, 1.807) is 18.4 Å². The molecule has 4 N–H and O–H groups in total. The molecule has 1 atom stereocenters. The standard InChI is InChI=1S/C6H9N3/c7-5-3-1-2-4-9-6(5)8/h1-5H,7H2,(H2,8,9). The van der Waals surface area contributed by atoms with E-state index < -0.39 is 0 Å². The third kappa shape index (κ3) is 1.40. The molecule has 9 heavy (non-hydrogen) atoms. The van der Waals surface area contributed by atoms with Gasteiger partial charge in [-0.05, 0) is 6.08 Å². The number of hydrogen-bond donors (Lipinski definition) is 2. The fraction of sp³-hybridized carbons (Fsp3) is 0.167. The highest BCUT2D eigenvalue weighted by molar-refractivity contribution is 5.88. The van der Waals surface area contributed by atoms with Gasteiger partial charge in [-0.15, -0.1) is 0 Å². The summed E-state index contributed by atoms with van der Waals surface area (Å²) in [4.78, 5) is 3.83. The summed E-state index contributed by atoms with van der Waals surface area (Å²) in [5.74, 6) is 0.458. The molecule has 0 spiro atoms. The first-order valence-electron chi connectivity index (χ1n) is 2.73. The number of aliphatic imine (C=N–C) groups is 1. The van der Waals surface area contributed by atoms with Crippen molar-refractivity contribution in [2.45, 2.75) is 6.04 Å². The molecule has 0 radical (unpaired) electrons. The quantitative estimate of drug-likeness (QED) is 0.466. The second-order valence-electron chi connectivity index (χ2n) is 1.81. The van der Waals surface area contributed by atoms with Crippen LogP contribution in [0.3, 0.4) is 0 Å². The molecule has 1 heterocycles. The molecular weight excluding hydrogens is 114 g/mol. The first kappa shape index (κ1) is 6.04. The highest BCUT2D eigenvalue weighted by Gasteiger charge is 2.00. The Balaban J connectivity index is 2.80. The lowest BCUT2D eigenvalue weighted by Crippen LogP contribution is -2.34. The van der Waals surface area contributed by atoms with Crippen molar-refractivity contribution < 1.29 is 0 Å². The van der Waals surface area contributed by atoms with E-state index in [1.807, 2.05) is 6.08 Å². The highest BCUT2D eigenvalue weighted by Crippen LogP contribution is 1.90. The van der Waals surface area contributed by atoms with Crippen molar-refractivity contribution in [3.05, 3.63) is 24.4 Å². The molecule has 0 bridgehead atoms. The van der Waals surface area contributed by atoms with Gasteiger partial charge in [-0.25, -0.2) is 4.99 Å². The molecule has 1 unspecified atom stereocenters. The third-order valence-electron chi connectivity index (χ3n) is 1.08. The van der Waals surface area contributed by atoms with E-state index in [2.05, 4.69) is 4.99 Å². The zero-order valence-corrected chi connectivity index (χ0v) is 4.99. The molecule has 3 heteroatoms. The van der Waals surface area contributed by atoms with Crippen LogP contribution in [-0.2, 0) is 0 Å². The monoisotopic (exact) mass is 123 g/mol. The van der Waals surface area contributed by atoms with E-state index in [9.17, 15) is 0 Å². The molecule has 0 aliphatic carbocycles. The Hall–Kier alpha value is -1.09. The number of allylic oxidation sites excluding steroid dienone is 2. The molecule has 3 nitrogen and oxygen atoms in total. The number of amidine groups is 1. The summed E-state index contributed by atoms with van der Waals surface area (Å²) in [5, 5.41) is 0. The summed E-state index contributed by atoms with van der Waals surface area (Å²) >= 11 is 0. The van der Waals surface area contributed by atoms with E-state index >= 15 is 0 Å². The van der Waals surface area contributed by atoms with Gasteiger partial charge in [0.1, 0.15) is 5.84 Å². The highest BCUT2D eigenvalue weighted by atomic mass is 14.9. The van der Waals surface area contributed by atoms with Crippen molar-refractivity contribution in [3.8, 4) is 0 Å². The minimum Gasteiger partial charge on any atom is -0.386 e. The zero-order valence-electron chi connectivity index (χ0n) is 4.99. The number of nitrogens with two attached hydrogens (primary N) is 2. The Kier molecular flexibility index (Phi) is 1.65. The van der Waals surface area contributed by atoms with Crippen LogP contribution in [0, 0.1) is 0 Å². The van der Waals surface area contributed by atoms with Crippen molar-refractivity contribution in [1.82, 2.24) is 0 Å². The van der Waals surface area contributed by atoms with Crippen LogP contribution in [0.2, 0.25) is 0 Å². The lowest BCUT2D eigenvalue weighted by molar-refractivity contribution is 1.06. The number of rotatable bonds is 0. The van der Waals surface area contributed by atoms with Gasteiger partial charge in [0.15, 0.2) is 0 Å². The van der Waals surface area contributed by atoms with Crippen LogP contribution in [0.5, 0.6) is 0 Å². The van der Waals surface area contributed by atoms with Crippen molar-refractivity contribution in [1.29, 1.82) is 0 Å². The normalized spacial score (nSPS) is 25.4. The summed E-state index contributed by atoms with van der Waals surface area (Å²) in [6.45, 7) is 0. The average Bonchev–Trinajstić information content (AvgIpc) is 1.99. The molecule has 0 fully saturated rings. The Morgan fingerprint density at radius 1 is 1.44 bits per heavy atom. The zero-order chi connectivity index (χ0) is 6.69. The van der Waals surface area contributed by atoms with Crippen LogP contribution < -0.4 is 11.5 Å². The lowest BCUT2D eigenvalue weighted by atomic mass is 10.3. The molecule has 1 aliphatic rings.